The van der Waals surface area contributed by atoms with Crippen molar-refractivity contribution in [1.29, 1.82) is 0 Å². The van der Waals surface area contributed by atoms with E-state index in [0.717, 1.165) is 21.2 Å². The van der Waals surface area contributed by atoms with Gasteiger partial charge in [0, 0.05) is 10.0 Å². The molecule has 0 heterocycles. The molecule has 1 unspecified atom stereocenters. The van der Waals surface area contributed by atoms with Crippen LogP contribution in [0.15, 0.2) is 16.6 Å². The van der Waals surface area contributed by atoms with E-state index in [0.29, 0.717) is 6.42 Å². The van der Waals surface area contributed by atoms with Crippen LogP contribution in [-0.2, 0) is 0 Å². The zero-order chi connectivity index (χ0) is 11.6. The molecule has 1 aromatic carbocycles. The minimum atomic E-state index is -0.413. The molecule has 3 heteroatoms. The van der Waals surface area contributed by atoms with Crippen LogP contribution in [0.5, 0.6) is 0 Å². The lowest BCUT2D eigenvalue weighted by atomic mass is 9.97. The molecule has 1 rings (SSSR count). The molecule has 0 bridgehead atoms. The standard InChI is InChI=1S/C12H14BrClO/c1-4-10(14)12(15)11-7(2)5-9(13)6-8(11)3/h5-6,10H,4H2,1-3H3. The summed E-state index contributed by atoms with van der Waals surface area (Å²) in [6.07, 6.45) is 0.662. The van der Waals surface area contributed by atoms with Crippen molar-refractivity contribution in [2.75, 3.05) is 0 Å². The van der Waals surface area contributed by atoms with Crippen molar-refractivity contribution in [1.82, 2.24) is 0 Å². The second-order valence-corrected chi connectivity index (χ2v) is 5.10. The van der Waals surface area contributed by atoms with Crippen LogP contribution in [0.3, 0.4) is 0 Å². The highest BCUT2D eigenvalue weighted by atomic mass is 79.9. The quantitative estimate of drug-likeness (QED) is 0.600. The van der Waals surface area contributed by atoms with Crippen molar-refractivity contribution in [2.24, 2.45) is 0 Å². The molecule has 0 aliphatic carbocycles. The van der Waals surface area contributed by atoms with E-state index in [4.69, 9.17) is 11.6 Å². The maximum absolute atomic E-state index is 12.0. The van der Waals surface area contributed by atoms with Crippen molar-refractivity contribution < 1.29 is 4.79 Å². The van der Waals surface area contributed by atoms with E-state index < -0.39 is 5.38 Å². The number of hydrogen-bond donors (Lipinski definition) is 0. The van der Waals surface area contributed by atoms with E-state index in [1.165, 1.54) is 0 Å². The monoisotopic (exact) mass is 288 g/mol. The lowest BCUT2D eigenvalue weighted by Gasteiger charge is -2.12. The normalized spacial score (nSPS) is 12.6. The van der Waals surface area contributed by atoms with Gasteiger partial charge in [-0.15, -0.1) is 11.6 Å². The first-order chi connectivity index (χ1) is 6.97. The van der Waals surface area contributed by atoms with Crippen LogP contribution in [0.4, 0.5) is 0 Å². The van der Waals surface area contributed by atoms with Gasteiger partial charge in [0.2, 0.25) is 0 Å². The predicted molar refractivity (Wildman–Crippen MR) is 67.9 cm³/mol. The lowest BCUT2D eigenvalue weighted by Crippen LogP contribution is -2.16. The molecular formula is C12H14BrClO. The van der Waals surface area contributed by atoms with Crippen LogP contribution < -0.4 is 0 Å². The summed E-state index contributed by atoms with van der Waals surface area (Å²) in [7, 11) is 0. The van der Waals surface area contributed by atoms with Gasteiger partial charge in [-0.2, -0.15) is 0 Å². The molecule has 0 amide bonds. The predicted octanol–water partition coefficient (Wildman–Crippen LogP) is 4.27. The van der Waals surface area contributed by atoms with Gasteiger partial charge in [-0.25, -0.2) is 0 Å². The number of carbonyl (C=O) groups is 1. The third kappa shape index (κ3) is 2.82. The molecule has 1 nitrogen and oxygen atoms in total. The van der Waals surface area contributed by atoms with Crippen LogP contribution in [0, 0.1) is 13.8 Å². The molecular weight excluding hydrogens is 275 g/mol. The average Bonchev–Trinajstić information content (AvgIpc) is 2.14. The minimum Gasteiger partial charge on any atom is -0.292 e. The smallest absolute Gasteiger partial charge is 0.181 e. The number of ketones is 1. The summed E-state index contributed by atoms with van der Waals surface area (Å²) in [4.78, 5) is 12.0. The van der Waals surface area contributed by atoms with Crippen molar-refractivity contribution >= 4 is 33.3 Å². The third-order valence-corrected chi connectivity index (χ3v) is 3.35. The third-order valence-electron chi connectivity index (χ3n) is 2.39. The largest absolute Gasteiger partial charge is 0.292 e. The van der Waals surface area contributed by atoms with Gasteiger partial charge in [0.05, 0.1) is 5.38 Å². The van der Waals surface area contributed by atoms with E-state index >= 15 is 0 Å². The first-order valence-electron chi connectivity index (χ1n) is 4.92. The zero-order valence-corrected chi connectivity index (χ0v) is 11.4. The Morgan fingerprint density at radius 2 is 1.87 bits per heavy atom. The average molecular weight is 290 g/mol. The minimum absolute atomic E-state index is 0.0293. The van der Waals surface area contributed by atoms with Crippen LogP contribution in [-0.4, -0.2) is 11.2 Å². The summed E-state index contributed by atoms with van der Waals surface area (Å²) in [5, 5.41) is -0.413. The zero-order valence-electron chi connectivity index (χ0n) is 9.10. The van der Waals surface area contributed by atoms with E-state index in [9.17, 15) is 4.79 Å². The van der Waals surface area contributed by atoms with Crippen molar-refractivity contribution in [3.05, 3.63) is 33.3 Å². The van der Waals surface area contributed by atoms with Gasteiger partial charge < -0.3 is 0 Å². The van der Waals surface area contributed by atoms with Crippen molar-refractivity contribution in [3.8, 4) is 0 Å². The van der Waals surface area contributed by atoms with Gasteiger partial charge in [-0.1, -0.05) is 22.9 Å². The summed E-state index contributed by atoms with van der Waals surface area (Å²) < 4.78 is 0.997. The Hall–Kier alpha value is -0.340. The first kappa shape index (κ1) is 12.7. The van der Waals surface area contributed by atoms with Crippen LogP contribution in [0.2, 0.25) is 0 Å². The number of halogens is 2. The highest BCUT2D eigenvalue weighted by Gasteiger charge is 2.19. The summed E-state index contributed by atoms with van der Waals surface area (Å²) in [6.45, 7) is 5.79. The van der Waals surface area contributed by atoms with Gasteiger partial charge in [-0.3, -0.25) is 4.79 Å². The van der Waals surface area contributed by atoms with Gasteiger partial charge in [0.15, 0.2) is 5.78 Å². The number of alkyl halides is 1. The fourth-order valence-corrected chi connectivity index (χ4v) is 2.44. The van der Waals surface area contributed by atoms with Crippen LogP contribution in [0.1, 0.15) is 34.8 Å². The molecule has 0 aliphatic heterocycles. The van der Waals surface area contributed by atoms with Crippen LogP contribution >= 0.6 is 27.5 Å². The summed E-state index contributed by atoms with van der Waals surface area (Å²) in [5.41, 5.74) is 2.72. The molecule has 0 spiro atoms. The topological polar surface area (TPSA) is 17.1 Å². The highest BCUT2D eigenvalue weighted by molar-refractivity contribution is 9.10. The number of aryl methyl sites for hydroxylation is 2. The molecule has 15 heavy (non-hydrogen) atoms. The molecule has 0 aliphatic rings. The Bertz CT molecular complexity index is 364. The summed E-state index contributed by atoms with van der Waals surface area (Å²) in [6, 6.07) is 3.89. The van der Waals surface area contributed by atoms with E-state index in [1.54, 1.807) is 0 Å². The molecule has 1 aromatic rings. The number of benzene rings is 1. The number of carbonyl (C=O) groups excluding carboxylic acids is 1. The number of rotatable bonds is 3. The Labute approximate surface area is 104 Å². The van der Waals surface area contributed by atoms with Crippen LogP contribution in [0.25, 0.3) is 0 Å². The Kier molecular flexibility index (Phi) is 4.35. The number of hydrogen-bond acceptors (Lipinski definition) is 1. The Morgan fingerprint density at radius 1 is 1.40 bits per heavy atom. The molecule has 0 aromatic heterocycles. The van der Waals surface area contributed by atoms with Gasteiger partial charge in [-0.05, 0) is 43.5 Å². The van der Waals surface area contributed by atoms with Crippen molar-refractivity contribution in [3.63, 3.8) is 0 Å². The van der Waals surface area contributed by atoms with E-state index in [1.807, 2.05) is 32.9 Å². The van der Waals surface area contributed by atoms with E-state index in [-0.39, 0.29) is 5.78 Å². The molecule has 0 saturated carbocycles. The Balaban J connectivity index is 3.20. The second-order valence-electron chi connectivity index (χ2n) is 3.65. The molecule has 82 valence electrons. The Morgan fingerprint density at radius 3 is 2.27 bits per heavy atom. The van der Waals surface area contributed by atoms with E-state index in [2.05, 4.69) is 15.9 Å². The molecule has 0 radical (unpaired) electrons. The van der Waals surface area contributed by atoms with Gasteiger partial charge in [0.25, 0.3) is 0 Å². The van der Waals surface area contributed by atoms with Gasteiger partial charge >= 0.3 is 0 Å². The second kappa shape index (κ2) is 5.13. The molecule has 1 atom stereocenters. The van der Waals surface area contributed by atoms with Crippen molar-refractivity contribution in [2.45, 2.75) is 32.6 Å². The summed E-state index contributed by atoms with van der Waals surface area (Å²) >= 11 is 9.38. The lowest BCUT2D eigenvalue weighted by molar-refractivity contribution is 0.0984. The first-order valence-corrected chi connectivity index (χ1v) is 6.15. The SMILES string of the molecule is CCC(Cl)C(=O)c1c(C)cc(Br)cc1C. The molecule has 0 N–H and O–H groups in total. The maximum Gasteiger partial charge on any atom is 0.181 e. The summed E-state index contributed by atoms with van der Waals surface area (Å²) in [5.74, 6) is 0.0293. The fourth-order valence-electron chi connectivity index (χ4n) is 1.64. The molecule has 0 fully saturated rings. The fraction of sp³-hybridized carbons (Fsp3) is 0.417. The highest BCUT2D eigenvalue weighted by Crippen LogP contribution is 2.23. The molecule has 0 saturated heterocycles. The maximum atomic E-state index is 12.0. The number of Topliss-reactive ketones (excluding diaryl/α,β-unsaturated/α-hetero) is 1. The van der Waals surface area contributed by atoms with Gasteiger partial charge in [0.1, 0.15) is 0 Å².